The molecule has 0 saturated carbocycles. The number of carbonyl (C=O) groups is 2. The van der Waals surface area contributed by atoms with E-state index >= 15 is 0 Å². The summed E-state index contributed by atoms with van der Waals surface area (Å²) >= 11 is 5.93. The fourth-order valence-electron chi connectivity index (χ4n) is 1.74. The summed E-state index contributed by atoms with van der Waals surface area (Å²) in [5, 5.41) is 11.7. The van der Waals surface area contributed by atoms with Crippen molar-refractivity contribution in [3.63, 3.8) is 0 Å². The van der Waals surface area contributed by atoms with Gasteiger partial charge in [-0.2, -0.15) is 0 Å². The fraction of sp³-hybridized carbons (Fsp3) is 0.125. The van der Waals surface area contributed by atoms with Crippen LogP contribution in [0.5, 0.6) is 11.5 Å². The third kappa shape index (κ3) is 4.79. The molecule has 2 aromatic rings. The van der Waals surface area contributed by atoms with Crippen LogP contribution in [-0.2, 0) is 9.59 Å². The number of hydrogen-bond donors (Lipinski definition) is 2. The normalized spacial score (nSPS) is 10.0. The molecule has 2 N–H and O–H groups in total. The zero-order chi connectivity index (χ0) is 15.9. The molecule has 0 saturated heterocycles. The van der Waals surface area contributed by atoms with Crippen LogP contribution >= 0.6 is 11.6 Å². The summed E-state index contributed by atoms with van der Waals surface area (Å²) in [6.45, 7) is 0. The molecule has 0 atom stereocenters. The molecular weight excluding hydrogens is 306 g/mol. The molecule has 5 nitrogen and oxygen atoms in total. The molecule has 0 aliphatic carbocycles. The molecule has 0 aliphatic rings. The molecule has 0 aliphatic heterocycles. The Kier molecular flexibility index (Phi) is 5.38. The van der Waals surface area contributed by atoms with Crippen molar-refractivity contribution >= 4 is 29.2 Å². The molecule has 0 heterocycles. The first-order chi connectivity index (χ1) is 10.5. The van der Waals surface area contributed by atoms with E-state index in [1.165, 1.54) is 0 Å². The minimum absolute atomic E-state index is 0.118. The number of hydrogen-bond acceptors (Lipinski definition) is 3. The summed E-state index contributed by atoms with van der Waals surface area (Å²) in [5.41, 5.74) is 0.395. The van der Waals surface area contributed by atoms with E-state index in [1.54, 1.807) is 30.3 Å². The Balaban J connectivity index is 2.14. The Morgan fingerprint density at radius 1 is 1.09 bits per heavy atom. The van der Waals surface area contributed by atoms with E-state index in [2.05, 4.69) is 5.32 Å². The van der Waals surface area contributed by atoms with Crippen LogP contribution in [0.2, 0.25) is 5.02 Å². The number of ether oxygens (including phenoxy) is 1. The predicted molar refractivity (Wildman–Crippen MR) is 83.5 cm³/mol. The molecule has 22 heavy (non-hydrogen) atoms. The molecule has 0 unspecified atom stereocenters. The number of benzene rings is 2. The number of rotatable bonds is 6. The zero-order valence-corrected chi connectivity index (χ0v) is 12.3. The number of carboxylic acid groups (broad SMARTS) is 1. The molecular formula is C16H14ClNO4. The highest BCUT2D eigenvalue weighted by molar-refractivity contribution is 6.31. The molecule has 0 spiro atoms. The van der Waals surface area contributed by atoms with Crippen LogP contribution in [0.3, 0.4) is 0 Å². The van der Waals surface area contributed by atoms with Gasteiger partial charge in [0, 0.05) is 11.4 Å². The van der Waals surface area contributed by atoms with Crippen molar-refractivity contribution in [1.29, 1.82) is 0 Å². The second-order valence-electron chi connectivity index (χ2n) is 4.50. The smallest absolute Gasteiger partial charge is 0.303 e. The van der Waals surface area contributed by atoms with Gasteiger partial charge in [-0.15, -0.1) is 0 Å². The van der Waals surface area contributed by atoms with Crippen molar-refractivity contribution in [2.45, 2.75) is 12.8 Å². The summed E-state index contributed by atoms with van der Waals surface area (Å²) in [6, 6.07) is 13.9. The topological polar surface area (TPSA) is 75.6 Å². The highest BCUT2D eigenvalue weighted by Crippen LogP contribution is 2.32. The van der Waals surface area contributed by atoms with Gasteiger partial charge in [-0.1, -0.05) is 29.8 Å². The van der Waals surface area contributed by atoms with E-state index in [9.17, 15) is 9.59 Å². The second kappa shape index (κ2) is 7.47. The van der Waals surface area contributed by atoms with Gasteiger partial charge >= 0.3 is 5.97 Å². The van der Waals surface area contributed by atoms with Gasteiger partial charge in [0.1, 0.15) is 5.75 Å². The molecule has 0 aromatic heterocycles. The monoisotopic (exact) mass is 319 g/mol. The predicted octanol–water partition coefficient (Wildman–Crippen LogP) is 3.94. The van der Waals surface area contributed by atoms with Crippen molar-refractivity contribution < 1.29 is 19.4 Å². The standard InChI is InChI=1S/C16H14ClNO4/c17-11-6-7-14(22-12-4-2-1-3-5-12)13(10-11)18-15(19)8-9-16(20)21/h1-7,10H,8-9H2,(H,18,19)(H,20,21). The van der Waals surface area contributed by atoms with Crippen LogP contribution in [0.4, 0.5) is 5.69 Å². The zero-order valence-electron chi connectivity index (χ0n) is 11.6. The van der Waals surface area contributed by atoms with Gasteiger partial charge in [0.25, 0.3) is 0 Å². The molecule has 0 radical (unpaired) electrons. The minimum Gasteiger partial charge on any atom is -0.481 e. The van der Waals surface area contributed by atoms with E-state index in [1.807, 2.05) is 18.2 Å². The van der Waals surface area contributed by atoms with Crippen LogP contribution in [0.1, 0.15) is 12.8 Å². The summed E-state index contributed by atoms with van der Waals surface area (Å²) < 4.78 is 5.70. The van der Waals surface area contributed by atoms with E-state index < -0.39 is 11.9 Å². The maximum Gasteiger partial charge on any atom is 0.303 e. The van der Waals surface area contributed by atoms with Crippen molar-refractivity contribution in [2.75, 3.05) is 5.32 Å². The van der Waals surface area contributed by atoms with Gasteiger partial charge in [-0.25, -0.2) is 0 Å². The Labute approximate surface area is 132 Å². The van der Waals surface area contributed by atoms with Crippen LogP contribution in [0, 0.1) is 0 Å². The number of anilines is 1. The van der Waals surface area contributed by atoms with Crippen molar-refractivity contribution in [3.05, 3.63) is 53.6 Å². The van der Waals surface area contributed by atoms with Gasteiger partial charge < -0.3 is 15.2 Å². The lowest BCUT2D eigenvalue weighted by atomic mass is 10.2. The highest BCUT2D eigenvalue weighted by Gasteiger charge is 2.11. The number of amides is 1. The highest BCUT2D eigenvalue weighted by atomic mass is 35.5. The summed E-state index contributed by atoms with van der Waals surface area (Å²) in [7, 11) is 0. The average molecular weight is 320 g/mol. The van der Waals surface area contributed by atoms with Gasteiger partial charge in [0.2, 0.25) is 5.91 Å². The maximum absolute atomic E-state index is 11.8. The van der Waals surface area contributed by atoms with Gasteiger partial charge in [0.15, 0.2) is 5.75 Å². The first-order valence-corrected chi connectivity index (χ1v) is 6.96. The Hall–Kier alpha value is -2.53. The van der Waals surface area contributed by atoms with Crippen LogP contribution in [0.25, 0.3) is 0 Å². The van der Waals surface area contributed by atoms with Crippen molar-refractivity contribution in [3.8, 4) is 11.5 Å². The third-order valence-electron chi connectivity index (χ3n) is 2.75. The number of para-hydroxylation sites is 1. The molecule has 6 heteroatoms. The summed E-state index contributed by atoms with van der Waals surface area (Å²) in [5.74, 6) is -0.394. The lowest BCUT2D eigenvalue weighted by Crippen LogP contribution is -2.13. The molecule has 2 rings (SSSR count). The molecule has 2 aromatic carbocycles. The SMILES string of the molecule is O=C(O)CCC(=O)Nc1cc(Cl)ccc1Oc1ccccc1. The van der Waals surface area contributed by atoms with Crippen LogP contribution in [-0.4, -0.2) is 17.0 Å². The Bertz CT molecular complexity index is 673. The molecule has 0 bridgehead atoms. The van der Waals surface area contributed by atoms with Gasteiger partial charge in [-0.3, -0.25) is 9.59 Å². The maximum atomic E-state index is 11.8. The minimum atomic E-state index is -1.03. The average Bonchev–Trinajstić information content (AvgIpc) is 2.49. The number of carboxylic acids is 1. The van der Waals surface area contributed by atoms with Crippen molar-refractivity contribution in [2.24, 2.45) is 0 Å². The van der Waals surface area contributed by atoms with E-state index in [-0.39, 0.29) is 12.8 Å². The lowest BCUT2D eigenvalue weighted by Gasteiger charge is -2.12. The first kappa shape index (κ1) is 15.9. The van der Waals surface area contributed by atoms with Crippen LogP contribution in [0.15, 0.2) is 48.5 Å². The molecule has 114 valence electrons. The fourth-order valence-corrected chi connectivity index (χ4v) is 1.91. The number of nitrogens with one attached hydrogen (secondary N) is 1. The Morgan fingerprint density at radius 2 is 1.82 bits per heavy atom. The van der Waals surface area contributed by atoms with Gasteiger partial charge in [0.05, 0.1) is 12.1 Å². The van der Waals surface area contributed by atoms with Crippen LogP contribution < -0.4 is 10.1 Å². The first-order valence-electron chi connectivity index (χ1n) is 6.58. The lowest BCUT2D eigenvalue weighted by molar-refractivity contribution is -0.138. The Morgan fingerprint density at radius 3 is 2.50 bits per heavy atom. The molecule has 0 fully saturated rings. The number of aliphatic carboxylic acids is 1. The van der Waals surface area contributed by atoms with Crippen molar-refractivity contribution in [1.82, 2.24) is 0 Å². The number of carbonyl (C=O) groups excluding carboxylic acids is 1. The van der Waals surface area contributed by atoms with E-state index in [0.29, 0.717) is 22.2 Å². The largest absolute Gasteiger partial charge is 0.481 e. The number of halogens is 1. The van der Waals surface area contributed by atoms with Gasteiger partial charge in [-0.05, 0) is 30.3 Å². The molecule has 1 amide bonds. The second-order valence-corrected chi connectivity index (χ2v) is 4.93. The summed E-state index contributed by atoms with van der Waals surface area (Å²) in [4.78, 5) is 22.3. The summed E-state index contributed by atoms with van der Waals surface area (Å²) in [6.07, 6.45) is -0.353. The quantitative estimate of drug-likeness (QED) is 0.845. The third-order valence-corrected chi connectivity index (χ3v) is 2.99. The van der Waals surface area contributed by atoms with E-state index in [4.69, 9.17) is 21.4 Å². The van der Waals surface area contributed by atoms with E-state index in [0.717, 1.165) is 0 Å².